The van der Waals surface area contributed by atoms with Gasteiger partial charge in [-0.15, -0.1) is 0 Å². The lowest BCUT2D eigenvalue weighted by Crippen LogP contribution is -2.45. The van der Waals surface area contributed by atoms with Gasteiger partial charge in [-0.05, 0) is 55.2 Å². The fourth-order valence-electron chi connectivity index (χ4n) is 3.37. The number of aromatic nitrogens is 1. The predicted octanol–water partition coefficient (Wildman–Crippen LogP) is 1.91. The summed E-state index contributed by atoms with van der Waals surface area (Å²) in [4.78, 5) is 51.9. The number of nitrogen functional groups attached to an aromatic ring is 1. The van der Waals surface area contributed by atoms with Crippen molar-refractivity contribution in [3.05, 3.63) is 70.2 Å². The van der Waals surface area contributed by atoms with Crippen molar-refractivity contribution in [1.29, 1.82) is 0 Å². The molecule has 12 heteroatoms. The Labute approximate surface area is 210 Å². The van der Waals surface area contributed by atoms with Crippen LogP contribution >= 0.6 is 11.5 Å². The van der Waals surface area contributed by atoms with Crippen LogP contribution in [0, 0.1) is 6.92 Å². The third-order valence-corrected chi connectivity index (χ3v) is 5.97. The molecule has 11 nitrogen and oxygen atoms in total. The Balaban J connectivity index is 2.14. The number of anilines is 2. The molecule has 1 atom stereocenters. The van der Waals surface area contributed by atoms with Crippen molar-refractivity contribution in [3.8, 4) is 5.75 Å². The first-order valence-electron chi connectivity index (χ1n) is 10.8. The Morgan fingerprint density at radius 3 is 2.31 bits per heavy atom. The number of hydrogen-bond acceptors (Lipinski definition) is 9. The van der Waals surface area contributed by atoms with Crippen molar-refractivity contribution in [2.75, 3.05) is 23.8 Å². The summed E-state index contributed by atoms with van der Waals surface area (Å²) in [6.45, 7) is 3.21. The maximum absolute atomic E-state index is 13.9. The largest absolute Gasteiger partial charge is 0.508 e. The number of primary amides is 1. The number of hydrogen-bond donors (Lipinski definition) is 4. The molecule has 0 aliphatic carbocycles. The van der Waals surface area contributed by atoms with Gasteiger partial charge >= 0.3 is 5.97 Å². The summed E-state index contributed by atoms with van der Waals surface area (Å²) in [6.07, 6.45) is 0. The van der Waals surface area contributed by atoms with Gasteiger partial charge in [0, 0.05) is 5.69 Å². The number of nitrogens with one attached hydrogen (secondary N) is 1. The van der Waals surface area contributed by atoms with Crippen LogP contribution in [0.2, 0.25) is 0 Å². The number of aromatic hydroxyl groups is 1. The highest BCUT2D eigenvalue weighted by molar-refractivity contribution is 7.09. The van der Waals surface area contributed by atoms with Gasteiger partial charge in [-0.1, -0.05) is 29.8 Å². The first kappa shape index (κ1) is 26.2. The van der Waals surface area contributed by atoms with E-state index in [0.29, 0.717) is 22.8 Å². The van der Waals surface area contributed by atoms with Crippen LogP contribution in [0.1, 0.15) is 44.3 Å². The molecule has 3 amide bonds. The third kappa shape index (κ3) is 5.78. The van der Waals surface area contributed by atoms with Gasteiger partial charge in [0.1, 0.15) is 23.2 Å². The van der Waals surface area contributed by atoms with E-state index in [-0.39, 0.29) is 28.6 Å². The van der Waals surface area contributed by atoms with Crippen molar-refractivity contribution in [1.82, 2.24) is 9.69 Å². The van der Waals surface area contributed by atoms with E-state index in [4.69, 9.17) is 16.2 Å². The Morgan fingerprint density at radius 1 is 1.11 bits per heavy atom. The zero-order chi connectivity index (χ0) is 26.4. The molecule has 0 aliphatic rings. The van der Waals surface area contributed by atoms with Crippen LogP contribution in [0.3, 0.4) is 0 Å². The zero-order valence-corrected chi connectivity index (χ0v) is 20.4. The number of benzene rings is 2. The summed E-state index contributed by atoms with van der Waals surface area (Å²) < 4.78 is 8.77. The highest BCUT2D eigenvalue weighted by atomic mass is 32.1. The summed E-state index contributed by atoms with van der Waals surface area (Å²) in [6, 6.07) is 11.2. The third-order valence-electron chi connectivity index (χ3n) is 5.11. The standard InChI is InChI=1S/C24H25N5O6S/c1-3-35-17(31)12-27-23(33)20(14-6-10-16(30)11-7-14)29(15-8-4-13(2)5-9-15)24(34)21-18(25)19(22(26)32)28-36-21/h4-11,20,30H,3,12,25H2,1-2H3,(H2,26,32)(H,27,33)/t20-/m0/s1. The number of amides is 3. The number of phenols is 1. The molecule has 36 heavy (non-hydrogen) atoms. The Kier molecular flexibility index (Phi) is 8.22. The summed E-state index contributed by atoms with van der Waals surface area (Å²) in [5.41, 5.74) is 12.5. The van der Waals surface area contributed by atoms with Gasteiger partial charge in [-0.3, -0.25) is 24.1 Å². The van der Waals surface area contributed by atoms with Crippen molar-refractivity contribution in [2.45, 2.75) is 19.9 Å². The number of esters is 1. The smallest absolute Gasteiger partial charge is 0.325 e. The molecule has 0 saturated heterocycles. The lowest BCUT2D eigenvalue weighted by Gasteiger charge is -2.31. The number of nitrogens with zero attached hydrogens (tertiary/aromatic N) is 2. The van der Waals surface area contributed by atoms with E-state index in [1.54, 1.807) is 31.2 Å². The summed E-state index contributed by atoms with van der Waals surface area (Å²) >= 11 is 0.677. The van der Waals surface area contributed by atoms with Crippen molar-refractivity contribution in [3.63, 3.8) is 0 Å². The van der Waals surface area contributed by atoms with Gasteiger partial charge in [0.2, 0.25) is 5.91 Å². The van der Waals surface area contributed by atoms with E-state index in [1.807, 2.05) is 6.92 Å². The summed E-state index contributed by atoms with van der Waals surface area (Å²) in [7, 11) is 0. The number of aryl methyl sites for hydroxylation is 1. The molecular formula is C24H25N5O6S. The van der Waals surface area contributed by atoms with E-state index in [1.165, 1.54) is 29.2 Å². The number of rotatable bonds is 9. The maximum Gasteiger partial charge on any atom is 0.325 e. The summed E-state index contributed by atoms with van der Waals surface area (Å²) in [5.74, 6) is -3.00. The van der Waals surface area contributed by atoms with E-state index >= 15 is 0 Å². The van der Waals surface area contributed by atoms with Crippen molar-refractivity contribution in [2.24, 2.45) is 5.73 Å². The molecule has 3 rings (SSSR count). The quantitative estimate of drug-likeness (QED) is 0.315. The van der Waals surface area contributed by atoms with Crippen LogP contribution in [0.15, 0.2) is 48.5 Å². The molecule has 0 bridgehead atoms. The fourth-order valence-corrected chi connectivity index (χ4v) is 4.11. The minimum absolute atomic E-state index is 0.0459. The molecule has 0 unspecified atom stereocenters. The van der Waals surface area contributed by atoms with E-state index in [2.05, 4.69) is 9.69 Å². The minimum atomic E-state index is -1.30. The summed E-state index contributed by atoms with van der Waals surface area (Å²) in [5, 5.41) is 12.3. The molecule has 0 fully saturated rings. The Morgan fingerprint density at radius 2 is 1.75 bits per heavy atom. The average molecular weight is 512 g/mol. The van der Waals surface area contributed by atoms with Crippen LogP contribution in [-0.4, -0.2) is 46.3 Å². The van der Waals surface area contributed by atoms with Gasteiger partial charge in [-0.25, -0.2) is 0 Å². The lowest BCUT2D eigenvalue weighted by atomic mass is 10.0. The number of ether oxygens (including phenoxy) is 1. The number of nitrogens with two attached hydrogens (primary N) is 2. The molecule has 188 valence electrons. The molecule has 6 N–H and O–H groups in total. The van der Waals surface area contributed by atoms with Gasteiger partial charge in [0.25, 0.3) is 11.8 Å². The van der Waals surface area contributed by atoms with E-state index in [0.717, 1.165) is 5.56 Å². The fraction of sp³-hybridized carbons (Fsp3) is 0.208. The second kappa shape index (κ2) is 11.3. The Bertz CT molecular complexity index is 1270. The second-order valence-corrected chi connectivity index (χ2v) is 8.44. The average Bonchev–Trinajstić information content (AvgIpc) is 3.24. The van der Waals surface area contributed by atoms with Gasteiger partial charge in [-0.2, -0.15) is 4.37 Å². The van der Waals surface area contributed by atoms with Crippen LogP contribution in [0.4, 0.5) is 11.4 Å². The van der Waals surface area contributed by atoms with Crippen LogP contribution < -0.4 is 21.7 Å². The lowest BCUT2D eigenvalue weighted by molar-refractivity contribution is -0.143. The van der Waals surface area contributed by atoms with E-state index < -0.39 is 36.3 Å². The predicted molar refractivity (Wildman–Crippen MR) is 134 cm³/mol. The van der Waals surface area contributed by atoms with Crippen molar-refractivity contribution < 1.29 is 29.0 Å². The molecule has 2 aromatic carbocycles. The minimum Gasteiger partial charge on any atom is -0.508 e. The highest BCUT2D eigenvalue weighted by Gasteiger charge is 2.36. The zero-order valence-electron chi connectivity index (χ0n) is 19.6. The number of carbonyl (C=O) groups is 4. The van der Waals surface area contributed by atoms with Gasteiger partial charge in [0.15, 0.2) is 5.69 Å². The molecule has 0 radical (unpaired) electrons. The molecule has 0 aliphatic heterocycles. The maximum atomic E-state index is 13.9. The molecule has 3 aromatic rings. The SMILES string of the molecule is CCOC(=O)CNC(=O)[C@H](c1ccc(O)cc1)N(C(=O)c1snc(C(N)=O)c1N)c1ccc(C)cc1. The normalized spacial score (nSPS) is 11.4. The highest BCUT2D eigenvalue weighted by Crippen LogP contribution is 2.33. The van der Waals surface area contributed by atoms with Crippen LogP contribution in [-0.2, 0) is 14.3 Å². The van der Waals surface area contributed by atoms with Gasteiger partial charge in [0.05, 0.1) is 12.3 Å². The van der Waals surface area contributed by atoms with Crippen molar-refractivity contribution >= 4 is 46.6 Å². The number of phenolic OH excluding ortho intramolecular Hbond substituents is 1. The Hall–Kier alpha value is -4.45. The van der Waals surface area contributed by atoms with Crippen LogP contribution in [0.25, 0.3) is 0 Å². The molecule has 0 saturated carbocycles. The molecular weight excluding hydrogens is 486 g/mol. The second-order valence-electron chi connectivity index (χ2n) is 7.67. The number of carbonyl (C=O) groups excluding carboxylic acids is 4. The molecule has 1 heterocycles. The van der Waals surface area contributed by atoms with E-state index in [9.17, 15) is 24.3 Å². The molecule has 1 aromatic heterocycles. The topological polar surface area (TPSA) is 178 Å². The monoisotopic (exact) mass is 511 g/mol. The first-order valence-corrected chi connectivity index (χ1v) is 11.6. The first-order chi connectivity index (χ1) is 17.1. The molecule has 0 spiro atoms. The van der Waals surface area contributed by atoms with Gasteiger partial charge < -0.3 is 26.6 Å². The van der Waals surface area contributed by atoms with Crippen LogP contribution in [0.5, 0.6) is 5.75 Å².